The van der Waals surface area contributed by atoms with Crippen LogP contribution >= 0.6 is 11.3 Å². The van der Waals surface area contributed by atoms with Gasteiger partial charge in [0, 0.05) is 18.1 Å². The lowest BCUT2D eigenvalue weighted by Crippen LogP contribution is -2.31. The number of aromatic nitrogens is 1. The topological polar surface area (TPSA) is 79.7 Å². The predicted molar refractivity (Wildman–Crippen MR) is 130 cm³/mol. The van der Waals surface area contributed by atoms with Gasteiger partial charge in [-0.2, -0.15) is 0 Å². The number of amides is 1. The molecule has 6 nitrogen and oxygen atoms in total. The summed E-state index contributed by atoms with van der Waals surface area (Å²) in [6.07, 6.45) is 3.22. The Kier molecular flexibility index (Phi) is 5.69. The zero-order valence-electron chi connectivity index (χ0n) is 18.2. The second-order valence-electron chi connectivity index (χ2n) is 7.85. The third kappa shape index (κ3) is 3.97. The van der Waals surface area contributed by atoms with E-state index in [0.29, 0.717) is 27.6 Å². The molecule has 2 aromatic heterocycles. The molecule has 1 aliphatic heterocycles. The van der Waals surface area contributed by atoms with E-state index in [0.717, 1.165) is 5.56 Å². The number of aliphatic hydroxyl groups is 1. The molecule has 1 aliphatic rings. The summed E-state index contributed by atoms with van der Waals surface area (Å²) in [6, 6.07) is 20.8. The second kappa shape index (κ2) is 8.96. The summed E-state index contributed by atoms with van der Waals surface area (Å²) in [7, 11) is 0. The van der Waals surface area contributed by atoms with Crippen LogP contribution in [0.5, 0.6) is 11.5 Å². The number of aryl methyl sites for hydroxylation is 1. The number of rotatable bonds is 6. The number of anilines is 1. The molecule has 0 radical (unpaired) electrons. The molecule has 168 valence electrons. The summed E-state index contributed by atoms with van der Waals surface area (Å²) in [4.78, 5) is 32.5. The molecule has 0 saturated heterocycles. The van der Waals surface area contributed by atoms with E-state index in [9.17, 15) is 14.7 Å². The zero-order valence-corrected chi connectivity index (χ0v) is 19.0. The van der Waals surface area contributed by atoms with Gasteiger partial charge in [0.25, 0.3) is 5.91 Å². The molecule has 0 aliphatic carbocycles. The highest BCUT2D eigenvalue weighted by atomic mass is 32.1. The Morgan fingerprint density at radius 1 is 1.03 bits per heavy atom. The molecule has 4 aromatic rings. The van der Waals surface area contributed by atoms with Crippen LogP contribution in [0.2, 0.25) is 0 Å². The summed E-state index contributed by atoms with van der Waals surface area (Å²) in [6.45, 7) is 1.99. The van der Waals surface area contributed by atoms with E-state index in [2.05, 4.69) is 4.98 Å². The van der Waals surface area contributed by atoms with E-state index in [4.69, 9.17) is 4.74 Å². The average Bonchev–Trinajstić information content (AvgIpc) is 3.47. The zero-order chi connectivity index (χ0) is 23.7. The molecule has 0 saturated carbocycles. The number of carbonyl (C=O) groups is 2. The Morgan fingerprint density at radius 3 is 2.53 bits per heavy atom. The van der Waals surface area contributed by atoms with Crippen molar-refractivity contribution in [2.45, 2.75) is 13.0 Å². The van der Waals surface area contributed by atoms with Crippen molar-refractivity contribution < 1.29 is 19.4 Å². The summed E-state index contributed by atoms with van der Waals surface area (Å²) < 4.78 is 5.92. The number of hydrogen-bond donors (Lipinski definition) is 1. The van der Waals surface area contributed by atoms with Gasteiger partial charge in [0.1, 0.15) is 11.5 Å². The number of carbonyl (C=O) groups excluding carboxylic acids is 2. The molecule has 0 spiro atoms. The van der Waals surface area contributed by atoms with Crippen LogP contribution in [0.25, 0.3) is 0 Å². The third-order valence-corrected chi connectivity index (χ3v) is 6.41. The number of nitrogens with zero attached hydrogens (tertiary/aromatic N) is 2. The third-order valence-electron chi connectivity index (χ3n) is 5.54. The van der Waals surface area contributed by atoms with Gasteiger partial charge in [0.05, 0.1) is 16.5 Å². The van der Waals surface area contributed by atoms with Crippen molar-refractivity contribution in [3.05, 3.63) is 118 Å². The highest BCUT2D eigenvalue weighted by molar-refractivity contribution is 7.12. The van der Waals surface area contributed by atoms with Crippen LogP contribution < -0.4 is 9.64 Å². The first-order chi connectivity index (χ1) is 16.5. The fraction of sp³-hybridized carbons (Fsp3) is 0.0741. The van der Waals surface area contributed by atoms with Crippen molar-refractivity contribution in [3.63, 3.8) is 0 Å². The average molecular weight is 469 g/mol. The highest BCUT2D eigenvalue weighted by Gasteiger charge is 2.44. The van der Waals surface area contributed by atoms with E-state index in [1.807, 2.05) is 31.2 Å². The van der Waals surface area contributed by atoms with E-state index < -0.39 is 17.7 Å². The lowest BCUT2D eigenvalue weighted by molar-refractivity contribution is -0.117. The van der Waals surface area contributed by atoms with Crippen LogP contribution in [0, 0.1) is 6.92 Å². The van der Waals surface area contributed by atoms with E-state index in [1.54, 1.807) is 66.3 Å². The van der Waals surface area contributed by atoms with Gasteiger partial charge < -0.3 is 9.84 Å². The van der Waals surface area contributed by atoms with Crippen molar-refractivity contribution >= 4 is 28.7 Å². The fourth-order valence-electron chi connectivity index (χ4n) is 3.99. The van der Waals surface area contributed by atoms with Crippen LogP contribution in [0.3, 0.4) is 0 Å². The highest BCUT2D eigenvalue weighted by Crippen LogP contribution is 2.42. The summed E-state index contributed by atoms with van der Waals surface area (Å²) in [5.41, 5.74) is 2.27. The van der Waals surface area contributed by atoms with Gasteiger partial charge in [-0.15, -0.1) is 11.3 Å². The number of ether oxygens (including phenoxy) is 1. The maximum atomic E-state index is 13.3. The molecule has 1 atom stereocenters. The quantitative estimate of drug-likeness (QED) is 0.350. The molecule has 1 N–H and O–H groups in total. The standard InChI is InChI=1S/C27H20N2O4S/c1-17-5-2-7-21(15-17)33-20-11-9-19(10-12-20)29-24(18-6-3-13-28-16-18)23(26(31)27(29)32)25(30)22-8-4-14-34-22/h2-16,24,31H,1H3. The van der Waals surface area contributed by atoms with Gasteiger partial charge in [-0.1, -0.05) is 24.3 Å². The van der Waals surface area contributed by atoms with Gasteiger partial charge >= 0.3 is 0 Å². The van der Waals surface area contributed by atoms with Crippen LogP contribution in [-0.2, 0) is 4.79 Å². The maximum Gasteiger partial charge on any atom is 0.294 e. The van der Waals surface area contributed by atoms with E-state index in [-0.39, 0.29) is 11.4 Å². The fourth-order valence-corrected chi connectivity index (χ4v) is 4.66. The van der Waals surface area contributed by atoms with Crippen LogP contribution in [0.4, 0.5) is 5.69 Å². The Morgan fingerprint density at radius 2 is 1.85 bits per heavy atom. The van der Waals surface area contributed by atoms with Crippen LogP contribution in [-0.4, -0.2) is 21.8 Å². The molecule has 2 aromatic carbocycles. The monoisotopic (exact) mass is 468 g/mol. The van der Waals surface area contributed by atoms with E-state index >= 15 is 0 Å². The van der Waals surface area contributed by atoms with Gasteiger partial charge in [-0.25, -0.2) is 0 Å². The van der Waals surface area contributed by atoms with Crippen molar-refractivity contribution in [1.82, 2.24) is 4.98 Å². The largest absolute Gasteiger partial charge is 0.503 e. The summed E-state index contributed by atoms with van der Waals surface area (Å²) in [5.74, 6) is -0.252. The van der Waals surface area contributed by atoms with Crippen molar-refractivity contribution in [2.24, 2.45) is 0 Å². The molecule has 0 bridgehead atoms. The maximum absolute atomic E-state index is 13.3. The number of Topliss-reactive ketones (excluding diaryl/α,β-unsaturated/α-hetero) is 1. The number of benzene rings is 2. The summed E-state index contributed by atoms with van der Waals surface area (Å²) >= 11 is 1.26. The Bertz CT molecular complexity index is 1380. The first-order valence-electron chi connectivity index (χ1n) is 10.6. The molecule has 7 heteroatoms. The predicted octanol–water partition coefficient (Wildman–Crippen LogP) is 6.03. The number of hydrogen-bond acceptors (Lipinski definition) is 6. The van der Waals surface area contributed by atoms with Crippen LogP contribution in [0.15, 0.2) is 102 Å². The Labute approximate surface area is 200 Å². The van der Waals surface area contributed by atoms with Crippen LogP contribution in [0.1, 0.15) is 26.8 Å². The molecule has 1 unspecified atom stereocenters. The number of aliphatic hydroxyl groups excluding tert-OH is 1. The first-order valence-corrected chi connectivity index (χ1v) is 11.5. The van der Waals surface area contributed by atoms with Gasteiger partial charge in [0.15, 0.2) is 5.76 Å². The van der Waals surface area contributed by atoms with Gasteiger partial charge in [-0.05, 0) is 72.0 Å². The Balaban J connectivity index is 1.51. The Hall–Kier alpha value is -4.23. The SMILES string of the molecule is Cc1cccc(Oc2ccc(N3C(=O)C(O)=C(C(=O)c4cccs4)C3c3cccnc3)cc2)c1. The minimum Gasteiger partial charge on any atom is -0.503 e. The lowest BCUT2D eigenvalue weighted by atomic mass is 9.96. The number of thiophene rings is 1. The molecule has 1 amide bonds. The molecule has 3 heterocycles. The first kappa shape index (κ1) is 21.6. The molecule has 34 heavy (non-hydrogen) atoms. The van der Waals surface area contributed by atoms with Crippen molar-refractivity contribution in [3.8, 4) is 11.5 Å². The minimum absolute atomic E-state index is 0.0422. The molecule has 0 fully saturated rings. The van der Waals surface area contributed by atoms with Crippen molar-refractivity contribution in [1.29, 1.82) is 0 Å². The minimum atomic E-state index is -0.806. The number of pyridine rings is 1. The van der Waals surface area contributed by atoms with Gasteiger partial charge in [0.2, 0.25) is 5.78 Å². The second-order valence-corrected chi connectivity index (χ2v) is 8.79. The normalized spacial score (nSPS) is 15.6. The smallest absolute Gasteiger partial charge is 0.294 e. The van der Waals surface area contributed by atoms with Gasteiger partial charge in [-0.3, -0.25) is 19.5 Å². The molecular weight excluding hydrogens is 448 g/mol. The molecular formula is C27H20N2O4S. The van der Waals surface area contributed by atoms with E-state index in [1.165, 1.54) is 16.2 Å². The molecule has 5 rings (SSSR count). The number of ketones is 1. The summed E-state index contributed by atoms with van der Waals surface area (Å²) in [5, 5.41) is 12.6. The van der Waals surface area contributed by atoms with Crippen molar-refractivity contribution in [2.75, 3.05) is 4.90 Å². The lowest BCUT2D eigenvalue weighted by Gasteiger charge is -2.26.